The largest absolute Gasteiger partial charge is 0.493 e. The van der Waals surface area contributed by atoms with Crippen LogP contribution in [0.5, 0.6) is 0 Å². The Morgan fingerprint density at radius 2 is 2.00 bits per heavy atom. The monoisotopic (exact) mass is 182 g/mol. The Hall–Kier alpha value is -1.18. The third-order valence-electron chi connectivity index (χ3n) is 1.36. The maximum atomic E-state index is 5.43. The van der Waals surface area contributed by atoms with Crippen molar-refractivity contribution in [1.29, 1.82) is 0 Å². The summed E-state index contributed by atoms with van der Waals surface area (Å²) in [5.41, 5.74) is 0.921. The molecule has 0 heterocycles. The van der Waals surface area contributed by atoms with Gasteiger partial charge in [0.1, 0.15) is 0 Å². The van der Waals surface area contributed by atoms with Gasteiger partial charge in [-0.1, -0.05) is 25.7 Å². The lowest BCUT2D eigenvalue weighted by Crippen LogP contribution is -1.98. The topological polar surface area (TPSA) is 18.5 Å². The second-order valence-electron chi connectivity index (χ2n) is 2.83. The Morgan fingerprint density at radius 1 is 1.38 bits per heavy atom. The predicted molar refractivity (Wildman–Crippen MR) is 55.3 cm³/mol. The number of hydrogen-bond donors (Lipinski definition) is 0. The van der Waals surface area contributed by atoms with Gasteiger partial charge in [-0.3, -0.25) is 0 Å². The van der Waals surface area contributed by atoms with E-state index in [1.807, 2.05) is 19.9 Å². The van der Waals surface area contributed by atoms with Crippen molar-refractivity contribution in [2.24, 2.45) is 0 Å². The highest BCUT2D eigenvalue weighted by Crippen LogP contribution is 2.12. The Kier molecular flexibility index (Phi) is 5.77. The van der Waals surface area contributed by atoms with Gasteiger partial charge in [0.15, 0.2) is 11.5 Å². The van der Waals surface area contributed by atoms with E-state index in [1.165, 1.54) is 0 Å². The van der Waals surface area contributed by atoms with Gasteiger partial charge < -0.3 is 9.47 Å². The average Bonchev–Trinajstić information content (AvgIpc) is 2.10. The average molecular weight is 182 g/mol. The van der Waals surface area contributed by atoms with Crippen molar-refractivity contribution in [3.63, 3.8) is 0 Å². The predicted octanol–water partition coefficient (Wildman–Crippen LogP) is 3.03. The highest BCUT2D eigenvalue weighted by atomic mass is 16.5. The SMILES string of the molecule is C=C(C)/C=C(/OCCC)C(=C)OC. The van der Waals surface area contributed by atoms with Crippen LogP contribution in [0.15, 0.2) is 36.3 Å². The third-order valence-corrected chi connectivity index (χ3v) is 1.36. The first-order chi connectivity index (χ1) is 6.11. The van der Waals surface area contributed by atoms with Gasteiger partial charge in [0.25, 0.3) is 0 Å². The van der Waals surface area contributed by atoms with Crippen molar-refractivity contribution < 1.29 is 9.47 Å². The first kappa shape index (κ1) is 11.8. The van der Waals surface area contributed by atoms with Gasteiger partial charge in [-0.05, 0) is 19.4 Å². The fourth-order valence-electron chi connectivity index (χ4n) is 0.739. The molecule has 2 nitrogen and oxygen atoms in total. The van der Waals surface area contributed by atoms with E-state index in [0.717, 1.165) is 12.0 Å². The zero-order chi connectivity index (χ0) is 10.3. The minimum atomic E-state index is 0.538. The maximum Gasteiger partial charge on any atom is 0.160 e. The van der Waals surface area contributed by atoms with Crippen LogP contribution in [0.2, 0.25) is 0 Å². The smallest absolute Gasteiger partial charge is 0.160 e. The molecule has 0 aromatic carbocycles. The van der Waals surface area contributed by atoms with Crippen LogP contribution in [0.3, 0.4) is 0 Å². The van der Waals surface area contributed by atoms with E-state index in [-0.39, 0.29) is 0 Å². The number of ether oxygens (including phenoxy) is 2. The first-order valence-electron chi connectivity index (χ1n) is 4.35. The minimum absolute atomic E-state index is 0.538. The van der Waals surface area contributed by atoms with Gasteiger partial charge in [-0.25, -0.2) is 0 Å². The molecule has 0 aromatic rings. The summed E-state index contributed by atoms with van der Waals surface area (Å²) in [6.45, 7) is 12.1. The number of methoxy groups -OCH3 is 1. The zero-order valence-electron chi connectivity index (χ0n) is 8.72. The van der Waals surface area contributed by atoms with E-state index in [9.17, 15) is 0 Å². The Balaban J connectivity index is 4.36. The summed E-state index contributed by atoms with van der Waals surface area (Å²) in [5, 5.41) is 0. The van der Waals surface area contributed by atoms with E-state index in [4.69, 9.17) is 9.47 Å². The molecule has 0 radical (unpaired) electrons. The standard InChI is InChI=1S/C11H18O2/c1-6-7-13-11(8-9(2)3)10(4)12-5/h8H,2,4,6-7H2,1,3,5H3/b11-8+. The van der Waals surface area contributed by atoms with Crippen molar-refractivity contribution in [3.05, 3.63) is 36.3 Å². The maximum absolute atomic E-state index is 5.43. The lowest BCUT2D eigenvalue weighted by atomic mass is 10.3. The highest BCUT2D eigenvalue weighted by molar-refractivity contribution is 5.25. The van der Waals surface area contributed by atoms with Gasteiger partial charge in [0.05, 0.1) is 13.7 Å². The van der Waals surface area contributed by atoms with E-state index in [0.29, 0.717) is 18.1 Å². The molecule has 13 heavy (non-hydrogen) atoms. The van der Waals surface area contributed by atoms with Crippen LogP contribution in [0, 0.1) is 0 Å². The second kappa shape index (κ2) is 6.35. The first-order valence-corrected chi connectivity index (χ1v) is 4.35. The third kappa shape index (κ3) is 5.12. The summed E-state index contributed by atoms with van der Waals surface area (Å²) in [6.07, 6.45) is 2.78. The quantitative estimate of drug-likeness (QED) is 0.464. The summed E-state index contributed by atoms with van der Waals surface area (Å²) in [7, 11) is 1.57. The molecule has 0 saturated carbocycles. The fourth-order valence-corrected chi connectivity index (χ4v) is 0.739. The van der Waals surface area contributed by atoms with Crippen LogP contribution < -0.4 is 0 Å². The minimum Gasteiger partial charge on any atom is -0.493 e. The molecule has 0 amide bonds. The van der Waals surface area contributed by atoms with Crippen molar-refractivity contribution in [1.82, 2.24) is 0 Å². The molecule has 2 heteroatoms. The molecular weight excluding hydrogens is 164 g/mol. The molecule has 0 unspecified atom stereocenters. The van der Waals surface area contributed by atoms with Gasteiger partial charge in [-0.15, -0.1) is 0 Å². The summed E-state index contributed by atoms with van der Waals surface area (Å²) < 4.78 is 10.4. The number of hydrogen-bond acceptors (Lipinski definition) is 2. The van der Waals surface area contributed by atoms with E-state index in [1.54, 1.807) is 7.11 Å². The van der Waals surface area contributed by atoms with Crippen LogP contribution in [-0.4, -0.2) is 13.7 Å². The van der Waals surface area contributed by atoms with Crippen molar-refractivity contribution >= 4 is 0 Å². The molecule has 0 aliphatic carbocycles. The summed E-state index contributed by atoms with van der Waals surface area (Å²) >= 11 is 0. The van der Waals surface area contributed by atoms with Crippen LogP contribution in [-0.2, 0) is 9.47 Å². The highest BCUT2D eigenvalue weighted by Gasteiger charge is 2.02. The van der Waals surface area contributed by atoms with Gasteiger partial charge in [0, 0.05) is 0 Å². The Bertz CT molecular complexity index is 214. The number of allylic oxidation sites excluding steroid dienone is 2. The van der Waals surface area contributed by atoms with E-state index in [2.05, 4.69) is 13.2 Å². The van der Waals surface area contributed by atoms with Crippen LogP contribution in [0.25, 0.3) is 0 Å². The summed E-state index contributed by atoms with van der Waals surface area (Å²) in [6, 6.07) is 0. The van der Waals surface area contributed by atoms with Crippen molar-refractivity contribution in [2.75, 3.05) is 13.7 Å². The molecule has 74 valence electrons. The summed E-state index contributed by atoms with van der Waals surface area (Å²) in [4.78, 5) is 0. The van der Waals surface area contributed by atoms with Crippen molar-refractivity contribution in [3.8, 4) is 0 Å². The number of rotatable bonds is 6. The molecule has 0 aliphatic rings. The molecule has 0 saturated heterocycles. The molecule has 0 N–H and O–H groups in total. The van der Waals surface area contributed by atoms with Crippen LogP contribution in [0.1, 0.15) is 20.3 Å². The van der Waals surface area contributed by atoms with Crippen LogP contribution >= 0.6 is 0 Å². The van der Waals surface area contributed by atoms with Gasteiger partial charge >= 0.3 is 0 Å². The van der Waals surface area contributed by atoms with E-state index >= 15 is 0 Å². The molecule has 0 fully saturated rings. The van der Waals surface area contributed by atoms with Gasteiger partial charge in [0.2, 0.25) is 0 Å². The van der Waals surface area contributed by atoms with Gasteiger partial charge in [-0.2, -0.15) is 0 Å². The van der Waals surface area contributed by atoms with E-state index < -0.39 is 0 Å². The molecular formula is C11H18O2. The van der Waals surface area contributed by atoms with Crippen LogP contribution in [0.4, 0.5) is 0 Å². The zero-order valence-corrected chi connectivity index (χ0v) is 8.72. The lowest BCUT2D eigenvalue weighted by molar-refractivity contribution is 0.177. The van der Waals surface area contributed by atoms with Crippen molar-refractivity contribution in [2.45, 2.75) is 20.3 Å². The summed E-state index contributed by atoms with van der Waals surface area (Å²) in [5.74, 6) is 1.20. The molecule has 0 atom stereocenters. The Labute approximate surface area is 80.5 Å². The second-order valence-corrected chi connectivity index (χ2v) is 2.83. The molecule has 0 rings (SSSR count). The lowest BCUT2D eigenvalue weighted by Gasteiger charge is -2.11. The molecule has 0 bridgehead atoms. The fraction of sp³-hybridized carbons (Fsp3) is 0.455. The molecule has 0 spiro atoms. The molecule has 0 aliphatic heterocycles. The normalized spacial score (nSPS) is 10.8. The Morgan fingerprint density at radius 3 is 2.38 bits per heavy atom. The molecule has 0 aromatic heterocycles.